The Kier molecular flexibility index (Phi) is 4.34. The van der Waals surface area contributed by atoms with Crippen molar-refractivity contribution in [2.75, 3.05) is 0 Å². The van der Waals surface area contributed by atoms with Crippen LogP contribution in [-0.4, -0.2) is 30.2 Å². The highest BCUT2D eigenvalue weighted by Gasteiger charge is 2.12. The zero-order valence-electron chi connectivity index (χ0n) is 14.4. The molecule has 7 nitrogen and oxygen atoms in total. The Balaban J connectivity index is 1.28. The molecule has 28 heavy (non-hydrogen) atoms. The van der Waals surface area contributed by atoms with Gasteiger partial charge in [-0.3, -0.25) is 5.10 Å². The van der Waals surface area contributed by atoms with Crippen LogP contribution in [0.4, 0.5) is 0 Å². The van der Waals surface area contributed by atoms with Crippen LogP contribution in [0.2, 0.25) is 5.02 Å². The molecular weight excluding hydrogens is 396 g/mol. The smallest absolute Gasteiger partial charge is 0.209 e. The van der Waals surface area contributed by atoms with Crippen LogP contribution in [0.5, 0.6) is 0 Å². The molecule has 0 aliphatic heterocycles. The second-order valence-electron chi connectivity index (χ2n) is 6.03. The summed E-state index contributed by atoms with van der Waals surface area (Å²) >= 11 is 7.39. The number of aromatic nitrogens is 6. The number of rotatable bonds is 5. The molecule has 138 valence electrons. The largest absolute Gasteiger partial charge is 0.453 e. The van der Waals surface area contributed by atoms with Gasteiger partial charge in [-0.2, -0.15) is 4.98 Å². The van der Waals surface area contributed by atoms with Gasteiger partial charge in [-0.25, -0.2) is 4.68 Å². The minimum absolute atomic E-state index is 0.600. The molecule has 0 saturated heterocycles. The topological polar surface area (TPSA) is 85.4 Å². The number of hydrogen-bond donors (Lipinski definition) is 1. The van der Waals surface area contributed by atoms with Gasteiger partial charge in [-0.1, -0.05) is 46.8 Å². The Morgan fingerprint density at radius 3 is 2.82 bits per heavy atom. The molecule has 0 amide bonds. The van der Waals surface area contributed by atoms with E-state index in [1.165, 1.54) is 11.8 Å². The molecule has 2 aromatic carbocycles. The van der Waals surface area contributed by atoms with E-state index >= 15 is 0 Å². The quantitative estimate of drug-likeness (QED) is 0.422. The van der Waals surface area contributed by atoms with Crippen molar-refractivity contribution >= 4 is 34.3 Å². The van der Waals surface area contributed by atoms with Crippen molar-refractivity contribution in [3.05, 3.63) is 71.5 Å². The van der Waals surface area contributed by atoms with E-state index in [-0.39, 0.29) is 0 Å². The highest BCUT2D eigenvalue weighted by molar-refractivity contribution is 7.98. The molecule has 0 unspecified atom stereocenters. The minimum Gasteiger partial charge on any atom is -0.453 e. The first-order chi connectivity index (χ1) is 13.7. The minimum atomic E-state index is 0.600. The van der Waals surface area contributed by atoms with Gasteiger partial charge in [-0.15, -0.1) is 10.2 Å². The van der Waals surface area contributed by atoms with Gasteiger partial charge in [0.25, 0.3) is 0 Å². The highest BCUT2D eigenvalue weighted by atomic mass is 35.5. The van der Waals surface area contributed by atoms with Crippen molar-refractivity contribution in [2.24, 2.45) is 0 Å². The summed E-state index contributed by atoms with van der Waals surface area (Å²) in [6.07, 6.45) is 1.88. The molecule has 5 aromatic rings. The summed E-state index contributed by atoms with van der Waals surface area (Å²) in [6.45, 7) is 0. The Labute approximate surface area is 168 Å². The average Bonchev–Trinajstić information content (AvgIpc) is 3.45. The molecule has 0 saturated carbocycles. The first-order valence-electron chi connectivity index (χ1n) is 8.46. The van der Waals surface area contributed by atoms with Gasteiger partial charge in [0, 0.05) is 16.2 Å². The number of H-pyrrole nitrogens is 1. The molecule has 0 radical (unpaired) electrons. The van der Waals surface area contributed by atoms with Crippen LogP contribution in [0.1, 0.15) is 5.69 Å². The molecule has 3 heterocycles. The van der Waals surface area contributed by atoms with E-state index in [0.29, 0.717) is 27.5 Å². The maximum Gasteiger partial charge on any atom is 0.209 e. The number of nitrogens with zero attached hydrogens (tertiary/aromatic N) is 5. The van der Waals surface area contributed by atoms with E-state index in [4.69, 9.17) is 16.0 Å². The van der Waals surface area contributed by atoms with Gasteiger partial charge in [0.1, 0.15) is 5.58 Å². The van der Waals surface area contributed by atoms with Crippen LogP contribution < -0.4 is 0 Å². The average molecular weight is 409 g/mol. The fourth-order valence-electron chi connectivity index (χ4n) is 2.74. The number of para-hydroxylation sites is 1. The molecule has 3 aromatic heterocycles. The van der Waals surface area contributed by atoms with E-state index in [0.717, 1.165) is 22.4 Å². The lowest BCUT2D eigenvalue weighted by Crippen LogP contribution is -1.93. The van der Waals surface area contributed by atoms with E-state index in [1.807, 2.05) is 60.8 Å². The molecule has 5 rings (SSSR count). The molecule has 0 aliphatic rings. The van der Waals surface area contributed by atoms with Gasteiger partial charge in [0.2, 0.25) is 5.16 Å². The lowest BCUT2D eigenvalue weighted by Gasteiger charge is -1.98. The summed E-state index contributed by atoms with van der Waals surface area (Å²) in [5.41, 5.74) is 2.55. The van der Waals surface area contributed by atoms with Crippen LogP contribution in [0.25, 0.3) is 28.2 Å². The van der Waals surface area contributed by atoms with Crippen molar-refractivity contribution in [1.29, 1.82) is 0 Å². The number of halogens is 1. The van der Waals surface area contributed by atoms with Gasteiger partial charge in [0.15, 0.2) is 11.6 Å². The van der Waals surface area contributed by atoms with Gasteiger partial charge >= 0.3 is 0 Å². The van der Waals surface area contributed by atoms with Crippen molar-refractivity contribution < 1.29 is 4.42 Å². The van der Waals surface area contributed by atoms with Gasteiger partial charge in [-0.05, 0) is 36.4 Å². The Hall–Kier alpha value is -3.10. The molecule has 1 N–H and O–H groups in total. The van der Waals surface area contributed by atoms with Gasteiger partial charge < -0.3 is 4.42 Å². The third kappa shape index (κ3) is 3.39. The number of benzene rings is 2. The third-order valence-corrected chi connectivity index (χ3v) is 5.24. The van der Waals surface area contributed by atoms with Gasteiger partial charge in [0.05, 0.1) is 17.6 Å². The number of thioether (sulfide) groups is 1. The maximum absolute atomic E-state index is 5.92. The monoisotopic (exact) mass is 408 g/mol. The summed E-state index contributed by atoms with van der Waals surface area (Å²) < 4.78 is 7.53. The number of aromatic amines is 1. The van der Waals surface area contributed by atoms with E-state index < -0.39 is 0 Å². The predicted molar refractivity (Wildman–Crippen MR) is 108 cm³/mol. The lowest BCUT2D eigenvalue weighted by atomic mass is 10.2. The summed E-state index contributed by atoms with van der Waals surface area (Å²) in [5.74, 6) is 1.86. The maximum atomic E-state index is 5.92. The summed E-state index contributed by atoms with van der Waals surface area (Å²) in [4.78, 5) is 4.50. The number of furan rings is 1. The second kappa shape index (κ2) is 7.14. The number of nitrogens with one attached hydrogen (secondary N) is 1. The molecule has 0 atom stereocenters. The first-order valence-corrected chi connectivity index (χ1v) is 9.82. The van der Waals surface area contributed by atoms with Crippen molar-refractivity contribution in [2.45, 2.75) is 10.9 Å². The molecular formula is C19H13ClN6OS. The SMILES string of the molecule is Clc1ccc(-n2cc(CSc3n[nH]c(-c4cc5ccccc5o4)n3)nn2)cc1. The van der Waals surface area contributed by atoms with E-state index in [2.05, 4.69) is 25.5 Å². The molecule has 0 bridgehead atoms. The number of hydrogen-bond acceptors (Lipinski definition) is 6. The Morgan fingerprint density at radius 2 is 1.96 bits per heavy atom. The van der Waals surface area contributed by atoms with Crippen LogP contribution in [0, 0.1) is 0 Å². The molecule has 9 heteroatoms. The fraction of sp³-hybridized carbons (Fsp3) is 0.0526. The lowest BCUT2D eigenvalue weighted by molar-refractivity contribution is 0.625. The van der Waals surface area contributed by atoms with E-state index in [9.17, 15) is 0 Å². The number of fused-ring (bicyclic) bond motifs is 1. The zero-order valence-corrected chi connectivity index (χ0v) is 16.0. The van der Waals surface area contributed by atoms with Crippen LogP contribution in [0.15, 0.2) is 70.4 Å². The summed E-state index contributed by atoms with van der Waals surface area (Å²) in [5, 5.41) is 17.9. The van der Waals surface area contributed by atoms with Crippen LogP contribution in [-0.2, 0) is 5.75 Å². The van der Waals surface area contributed by atoms with Crippen molar-refractivity contribution in [3.63, 3.8) is 0 Å². The highest BCUT2D eigenvalue weighted by Crippen LogP contribution is 2.27. The molecule has 0 spiro atoms. The third-order valence-electron chi connectivity index (χ3n) is 4.10. The first kappa shape index (κ1) is 17.0. The van der Waals surface area contributed by atoms with Crippen LogP contribution >= 0.6 is 23.4 Å². The second-order valence-corrected chi connectivity index (χ2v) is 7.41. The molecule has 0 aliphatic carbocycles. The zero-order chi connectivity index (χ0) is 18.9. The summed E-state index contributed by atoms with van der Waals surface area (Å²) in [7, 11) is 0. The summed E-state index contributed by atoms with van der Waals surface area (Å²) in [6, 6.07) is 17.2. The van der Waals surface area contributed by atoms with Crippen molar-refractivity contribution in [1.82, 2.24) is 30.2 Å². The van der Waals surface area contributed by atoms with Crippen LogP contribution in [0.3, 0.4) is 0 Å². The standard InChI is InChI=1S/C19H13ClN6OS/c20-13-5-7-15(8-6-13)26-10-14(22-25-26)11-28-19-21-18(23-24-19)17-9-12-3-1-2-4-16(12)27-17/h1-10H,11H2,(H,21,23,24). The molecule has 0 fully saturated rings. The van der Waals surface area contributed by atoms with E-state index in [1.54, 1.807) is 4.68 Å². The predicted octanol–water partition coefficient (Wildman–Crippen LogP) is 4.74. The van der Waals surface area contributed by atoms with Crippen molar-refractivity contribution in [3.8, 4) is 17.3 Å². The fourth-order valence-corrected chi connectivity index (χ4v) is 3.54. The Morgan fingerprint density at radius 1 is 1.11 bits per heavy atom. The Bertz CT molecular complexity index is 1210. The normalized spacial score (nSPS) is 11.3.